The van der Waals surface area contributed by atoms with E-state index < -0.39 is 5.60 Å². The monoisotopic (exact) mass is 644 g/mol. The van der Waals surface area contributed by atoms with Crippen LogP contribution in [0.4, 0.5) is 0 Å². The van der Waals surface area contributed by atoms with Crippen LogP contribution in [0.2, 0.25) is 0 Å². The summed E-state index contributed by atoms with van der Waals surface area (Å²) >= 11 is 0. The van der Waals surface area contributed by atoms with E-state index in [0.717, 1.165) is 22.4 Å². The van der Waals surface area contributed by atoms with Gasteiger partial charge in [0.15, 0.2) is 0 Å². The molecule has 0 saturated carbocycles. The molecular weight excluding hydrogens is 596 g/mol. The van der Waals surface area contributed by atoms with E-state index in [1.807, 2.05) is 84.9 Å². The molecule has 0 saturated heterocycles. The van der Waals surface area contributed by atoms with Gasteiger partial charge in [-0.15, -0.1) is 0 Å². The van der Waals surface area contributed by atoms with Crippen molar-refractivity contribution in [3.8, 4) is 5.75 Å². The van der Waals surface area contributed by atoms with E-state index in [2.05, 4.69) is 36.4 Å². The maximum absolute atomic E-state index is 6.72. The molecule has 0 aromatic heterocycles. The van der Waals surface area contributed by atoms with Crippen molar-refractivity contribution >= 4 is 0 Å². The van der Waals surface area contributed by atoms with Gasteiger partial charge in [0.2, 0.25) is 0 Å². The molecule has 0 N–H and O–H groups in total. The maximum atomic E-state index is 6.72. The first-order valence-electron chi connectivity index (χ1n) is 16.3. The molecule has 8 heteroatoms. The first kappa shape index (κ1) is 36.2. The van der Waals surface area contributed by atoms with Crippen molar-refractivity contribution in [3.63, 3.8) is 0 Å². The highest BCUT2D eigenvalue weighted by Crippen LogP contribution is 2.40. The number of benzene rings is 4. The standard InChI is InChI=1S/C39H48O8/c1-5-13-35(14-6-1)39(36-15-7-2-8-16-36,37-17-9-3-10-18-37)47-34-32-45-30-28-43-26-24-41-22-21-40-23-25-42-27-29-44-31-33-46-38-19-11-4-12-20-38/h1-20H,21-34H2. The molecule has 0 fully saturated rings. The first-order chi connectivity index (χ1) is 23.4. The second kappa shape index (κ2) is 22.8. The Kier molecular flexibility index (Phi) is 17.6. The van der Waals surface area contributed by atoms with Crippen LogP contribution in [-0.4, -0.2) is 92.5 Å². The predicted molar refractivity (Wildman–Crippen MR) is 182 cm³/mol. The fourth-order valence-corrected chi connectivity index (χ4v) is 4.96. The molecule has 0 spiro atoms. The Balaban J connectivity index is 0.979. The molecule has 4 aromatic rings. The summed E-state index contributed by atoms with van der Waals surface area (Å²) in [5, 5.41) is 0. The fraction of sp³-hybridized carbons (Fsp3) is 0.385. The lowest BCUT2D eigenvalue weighted by Gasteiger charge is -2.36. The lowest BCUT2D eigenvalue weighted by molar-refractivity contribution is -0.0395. The van der Waals surface area contributed by atoms with Crippen LogP contribution in [0.15, 0.2) is 121 Å². The molecular formula is C39H48O8. The van der Waals surface area contributed by atoms with Gasteiger partial charge < -0.3 is 37.9 Å². The number of ether oxygens (including phenoxy) is 8. The van der Waals surface area contributed by atoms with Crippen LogP contribution in [0.25, 0.3) is 0 Å². The second-order valence-corrected chi connectivity index (χ2v) is 10.5. The summed E-state index contributed by atoms with van der Waals surface area (Å²) in [7, 11) is 0. The largest absolute Gasteiger partial charge is 0.491 e. The average Bonchev–Trinajstić information content (AvgIpc) is 3.13. The summed E-state index contributed by atoms with van der Waals surface area (Å²) in [5.41, 5.74) is 2.47. The molecule has 0 aliphatic carbocycles. The molecule has 0 unspecified atom stereocenters. The van der Waals surface area contributed by atoms with Crippen molar-refractivity contribution in [2.75, 3.05) is 92.5 Å². The zero-order valence-electron chi connectivity index (χ0n) is 27.2. The summed E-state index contributed by atoms with van der Waals surface area (Å²) in [6.45, 7) is 6.98. The van der Waals surface area contributed by atoms with Gasteiger partial charge in [-0.25, -0.2) is 0 Å². The van der Waals surface area contributed by atoms with Crippen molar-refractivity contribution < 1.29 is 37.9 Å². The Morgan fingerprint density at radius 3 is 0.915 bits per heavy atom. The highest BCUT2D eigenvalue weighted by atomic mass is 16.6. The third kappa shape index (κ3) is 13.2. The van der Waals surface area contributed by atoms with Gasteiger partial charge in [0.1, 0.15) is 18.0 Å². The Morgan fingerprint density at radius 2 is 0.574 bits per heavy atom. The molecule has 0 amide bonds. The topological polar surface area (TPSA) is 73.8 Å². The Bertz CT molecular complexity index is 1200. The van der Waals surface area contributed by atoms with Crippen LogP contribution in [-0.2, 0) is 38.8 Å². The Morgan fingerprint density at radius 1 is 0.298 bits per heavy atom. The van der Waals surface area contributed by atoms with Crippen molar-refractivity contribution in [3.05, 3.63) is 138 Å². The van der Waals surface area contributed by atoms with Gasteiger partial charge in [0, 0.05) is 0 Å². The van der Waals surface area contributed by atoms with Crippen molar-refractivity contribution in [2.24, 2.45) is 0 Å². The summed E-state index contributed by atoms with van der Waals surface area (Å²) < 4.78 is 45.9. The number of rotatable bonds is 26. The number of hydrogen-bond acceptors (Lipinski definition) is 8. The molecule has 8 nitrogen and oxygen atoms in total. The molecule has 4 rings (SSSR count). The summed E-state index contributed by atoms with van der Waals surface area (Å²) in [5.74, 6) is 0.846. The van der Waals surface area contributed by atoms with E-state index in [0.29, 0.717) is 92.5 Å². The third-order valence-electron chi connectivity index (χ3n) is 7.19. The summed E-state index contributed by atoms with van der Waals surface area (Å²) in [4.78, 5) is 0. The number of para-hydroxylation sites is 1. The minimum Gasteiger partial charge on any atom is -0.491 e. The van der Waals surface area contributed by atoms with Crippen LogP contribution in [0.3, 0.4) is 0 Å². The van der Waals surface area contributed by atoms with Gasteiger partial charge >= 0.3 is 0 Å². The first-order valence-corrected chi connectivity index (χ1v) is 16.3. The van der Waals surface area contributed by atoms with Crippen LogP contribution in [0, 0.1) is 0 Å². The van der Waals surface area contributed by atoms with Gasteiger partial charge in [-0.1, -0.05) is 109 Å². The smallest absolute Gasteiger partial charge is 0.143 e. The minimum absolute atomic E-state index is 0.422. The maximum Gasteiger partial charge on any atom is 0.143 e. The van der Waals surface area contributed by atoms with Gasteiger partial charge in [0.05, 0.1) is 85.9 Å². The Hall–Kier alpha value is -3.60. The molecule has 252 valence electrons. The van der Waals surface area contributed by atoms with Gasteiger partial charge in [-0.3, -0.25) is 0 Å². The van der Waals surface area contributed by atoms with Crippen LogP contribution >= 0.6 is 0 Å². The van der Waals surface area contributed by atoms with Crippen molar-refractivity contribution in [1.82, 2.24) is 0 Å². The molecule has 0 aliphatic rings. The van der Waals surface area contributed by atoms with E-state index in [1.54, 1.807) is 0 Å². The molecule has 0 bridgehead atoms. The molecule has 0 atom stereocenters. The molecule has 4 aromatic carbocycles. The molecule has 0 aliphatic heterocycles. The SMILES string of the molecule is c1ccc(OCCOCCOCCOCCOCCOCCOCCOC(c2ccccc2)(c2ccccc2)c2ccccc2)cc1. The minimum atomic E-state index is -0.744. The highest BCUT2D eigenvalue weighted by Gasteiger charge is 2.37. The molecule has 0 heterocycles. The van der Waals surface area contributed by atoms with Crippen molar-refractivity contribution in [1.29, 1.82) is 0 Å². The van der Waals surface area contributed by atoms with Crippen molar-refractivity contribution in [2.45, 2.75) is 5.60 Å². The lowest BCUT2D eigenvalue weighted by atomic mass is 9.80. The van der Waals surface area contributed by atoms with E-state index >= 15 is 0 Å². The van der Waals surface area contributed by atoms with Gasteiger partial charge in [-0.05, 0) is 28.8 Å². The second-order valence-electron chi connectivity index (χ2n) is 10.5. The van der Waals surface area contributed by atoms with Crippen LogP contribution in [0.5, 0.6) is 5.75 Å². The van der Waals surface area contributed by atoms with Crippen LogP contribution < -0.4 is 4.74 Å². The summed E-state index contributed by atoms with van der Waals surface area (Å²) in [6.07, 6.45) is 0. The van der Waals surface area contributed by atoms with Gasteiger partial charge in [-0.2, -0.15) is 0 Å². The zero-order chi connectivity index (χ0) is 32.5. The quantitative estimate of drug-likeness (QED) is 0.0594. The van der Waals surface area contributed by atoms with Gasteiger partial charge in [0.25, 0.3) is 0 Å². The van der Waals surface area contributed by atoms with E-state index in [9.17, 15) is 0 Å². The zero-order valence-corrected chi connectivity index (χ0v) is 27.2. The lowest BCUT2D eigenvalue weighted by Crippen LogP contribution is -2.34. The highest BCUT2D eigenvalue weighted by molar-refractivity contribution is 5.47. The normalized spacial score (nSPS) is 11.5. The average molecular weight is 645 g/mol. The van der Waals surface area contributed by atoms with Crippen LogP contribution in [0.1, 0.15) is 16.7 Å². The van der Waals surface area contributed by atoms with E-state index in [4.69, 9.17) is 37.9 Å². The fourth-order valence-electron chi connectivity index (χ4n) is 4.96. The predicted octanol–water partition coefficient (Wildman–Crippen LogP) is 6.17. The van der Waals surface area contributed by atoms with E-state index in [1.165, 1.54) is 0 Å². The van der Waals surface area contributed by atoms with E-state index in [-0.39, 0.29) is 0 Å². The third-order valence-corrected chi connectivity index (χ3v) is 7.19. The Labute approximate surface area is 279 Å². The molecule has 0 radical (unpaired) electrons. The summed E-state index contributed by atoms with van der Waals surface area (Å²) in [6, 6.07) is 40.7. The number of hydrogen-bond donors (Lipinski definition) is 0. The molecule has 47 heavy (non-hydrogen) atoms.